The van der Waals surface area contributed by atoms with Gasteiger partial charge in [0, 0.05) is 29.6 Å². The molecule has 6 nitrogen and oxygen atoms in total. The molecule has 1 fully saturated rings. The Balaban J connectivity index is 1.93. The Kier molecular flexibility index (Phi) is 6.16. The lowest BCUT2D eigenvalue weighted by Crippen LogP contribution is -2.54. The molecule has 0 aliphatic carbocycles. The maximum atomic E-state index is 14.1. The van der Waals surface area contributed by atoms with Gasteiger partial charge in [-0.2, -0.15) is 0 Å². The molecular weight excluding hydrogens is 449 g/mol. The average molecular weight is 472 g/mol. The van der Waals surface area contributed by atoms with E-state index in [4.69, 9.17) is 4.74 Å². The quantitative estimate of drug-likeness (QED) is 0.697. The minimum Gasteiger partial charge on any atom is -0.495 e. The van der Waals surface area contributed by atoms with E-state index in [1.807, 2.05) is 0 Å². The van der Waals surface area contributed by atoms with Crippen LogP contribution >= 0.6 is 15.9 Å². The summed E-state index contributed by atoms with van der Waals surface area (Å²) in [4.78, 5) is 1.75. The summed E-state index contributed by atoms with van der Waals surface area (Å²) < 4.78 is 47.9. The maximum absolute atomic E-state index is 14.1. The smallest absolute Gasteiger partial charge is 0.264 e. The van der Waals surface area contributed by atoms with Crippen molar-refractivity contribution in [1.82, 2.24) is 5.32 Å². The van der Waals surface area contributed by atoms with Crippen molar-refractivity contribution in [2.75, 3.05) is 29.8 Å². The number of sulfonamides is 1. The summed E-state index contributed by atoms with van der Waals surface area (Å²) in [5.41, 5.74) is 1.14. The third-order valence-electron chi connectivity index (χ3n) is 4.51. The molecule has 2 atom stereocenters. The van der Waals surface area contributed by atoms with Crippen molar-refractivity contribution >= 4 is 37.3 Å². The van der Waals surface area contributed by atoms with Crippen molar-refractivity contribution in [3.05, 3.63) is 46.7 Å². The van der Waals surface area contributed by atoms with Crippen LogP contribution in [0.2, 0.25) is 0 Å². The Labute approximate surface area is 173 Å². The van der Waals surface area contributed by atoms with Crippen molar-refractivity contribution < 1.29 is 17.5 Å². The van der Waals surface area contributed by atoms with Crippen LogP contribution in [0.15, 0.2) is 45.8 Å². The van der Waals surface area contributed by atoms with Crippen LogP contribution in [0.1, 0.15) is 13.8 Å². The van der Waals surface area contributed by atoms with Crippen molar-refractivity contribution in [1.29, 1.82) is 0 Å². The zero-order valence-corrected chi connectivity index (χ0v) is 18.3. The SMILES string of the molecule is COc1ccc(NS(=O)(=O)c2ccc(Br)cc2F)cc1N1C[C@@H](C)N[C@@H](C)C1. The molecule has 0 bridgehead atoms. The Morgan fingerprint density at radius 1 is 1.18 bits per heavy atom. The topological polar surface area (TPSA) is 70.7 Å². The van der Waals surface area contributed by atoms with Crippen LogP contribution in [0.5, 0.6) is 5.75 Å². The van der Waals surface area contributed by atoms with Crippen molar-refractivity contribution in [2.24, 2.45) is 0 Å². The number of rotatable bonds is 5. The lowest BCUT2D eigenvalue weighted by Gasteiger charge is -2.38. The highest BCUT2D eigenvalue weighted by Crippen LogP contribution is 2.33. The first-order valence-corrected chi connectivity index (χ1v) is 11.1. The number of ether oxygens (including phenoxy) is 1. The van der Waals surface area contributed by atoms with Gasteiger partial charge in [-0.05, 0) is 50.2 Å². The zero-order chi connectivity index (χ0) is 20.5. The second-order valence-corrected chi connectivity index (χ2v) is 9.51. The third-order valence-corrected chi connectivity index (χ3v) is 6.42. The van der Waals surface area contributed by atoms with E-state index in [1.54, 1.807) is 25.3 Å². The van der Waals surface area contributed by atoms with E-state index in [2.05, 4.69) is 44.7 Å². The molecule has 0 radical (unpaired) electrons. The molecule has 1 aliphatic rings. The van der Waals surface area contributed by atoms with E-state index in [9.17, 15) is 12.8 Å². The van der Waals surface area contributed by atoms with Gasteiger partial charge >= 0.3 is 0 Å². The minimum atomic E-state index is -4.07. The monoisotopic (exact) mass is 471 g/mol. The lowest BCUT2D eigenvalue weighted by molar-refractivity contribution is 0.391. The Hall–Kier alpha value is -1.84. The molecule has 2 aromatic rings. The molecule has 0 aromatic heterocycles. The molecule has 28 heavy (non-hydrogen) atoms. The normalized spacial score (nSPS) is 20.1. The number of hydrogen-bond acceptors (Lipinski definition) is 5. The second kappa shape index (κ2) is 8.26. The fourth-order valence-electron chi connectivity index (χ4n) is 3.43. The standard InChI is InChI=1S/C19H23BrFN3O3S/c1-12-10-24(11-13(2)22-12)17-9-15(5-6-18(17)27-3)23-28(25,26)19-7-4-14(20)8-16(19)21/h4-9,12-13,22-23H,10-11H2,1-3H3/t12-,13+. The number of benzene rings is 2. The highest BCUT2D eigenvalue weighted by atomic mass is 79.9. The summed E-state index contributed by atoms with van der Waals surface area (Å²) >= 11 is 3.13. The molecule has 1 saturated heterocycles. The summed E-state index contributed by atoms with van der Waals surface area (Å²) in [5, 5.41) is 3.46. The van der Waals surface area contributed by atoms with Crippen LogP contribution in [0.25, 0.3) is 0 Å². The number of nitrogens with one attached hydrogen (secondary N) is 2. The molecule has 2 N–H and O–H groups in total. The van der Waals surface area contributed by atoms with E-state index >= 15 is 0 Å². The number of piperazine rings is 1. The van der Waals surface area contributed by atoms with Crippen molar-refractivity contribution in [3.8, 4) is 5.75 Å². The van der Waals surface area contributed by atoms with Crippen LogP contribution < -0.4 is 19.7 Å². The molecule has 0 spiro atoms. The Bertz CT molecular complexity index is 961. The van der Waals surface area contributed by atoms with E-state index in [1.165, 1.54) is 12.1 Å². The molecule has 0 unspecified atom stereocenters. The summed E-state index contributed by atoms with van der Waals surface area (Å²) in [6.07, 6.45) is 0. The predicted molar refractivity (Wildman–Crippen MR) is 112 cm³/mol. The second-order valence-electron chi connectivity index (χ2n) is 6.94. The third kappa shape index (κ3) is 4.59. The summed E-state index contributed by atoms with van der Waals surface area (Å²) in [6, 6.07) is 9.44. The first kappa shape index (κ1) is 20.9. The number of anilines is 2. The number of hydrogen-bond donors (Lipinski definition) is 2. The van der Waals surface area contributed by atoms with Gasteiger partial charge in [0.1, 0.15) is 16.5 Å². The lowest BCUT2D eigenvalue weighted by atomic mass is 10.1. The summed E-state index contributed by atoms with van der Waals surface area (Å²) in [7, 11) is -2.49. The van der Waals surface area contributed by atoms with Gasteiger partial charge in [-0.15, -0.1) is 0 Å². The van der Waals surface area contributed by atoms with Gasteiger partial charge in [0.2, 0.25) is 0 Å². The highest BCUT2D eigenvalue weighted by molar-refractivity contribution is 9.10. The molecule has 2 aromatic carbocycles. The molecule has 0 saturated carbocycles. The molecule has 1 heterocycles. The number of methoxy groups -OCH3 is 1. The van der Waals surface area contributed by atoms with Crippen LogP contribution in [-0.2, 0) is 10.0 Å². The summed E-state index contributed by atoms with van der Waals surface area (Å²) in [6.45, 7) is 5.71. The predicted octanol–water partition coefficient (Wildman–Crippen LogP) is 3.58. The van der Waals surface area contributed by atoms with Crippen molar-refractivity contribution in [3.63, 3.8) is 0 Å². The minimum absolute atomic E-state index is 0.283. The van der Waals surface area contributed by atoms with Gasteiger partial charge < -0.3 is 15.0 Å². The summed E-state index contributed by atoms with van der Waals surface area (Å²) in [5.74, 6) is -0.167. The molecule has 9 heteroatoms. The first-order chi connectivity index (χ1) is 13.2. The average Bonchev–Trinajstić information content (AvgIpc) is 2.60. The van der Waals surface area contributed by atoms with Gasteiger partial charge in [0.05, 0.1) is 18.5 Å². The molecular formula is C19H23BrFN3O3S. The van der Waals surface area contributed by atoms with Gasteiger partial charge in [-0.3, -0.25) is 4.72 Å². The van der Waals surface area contributed by atoms with Gasteiger partial charge in [-0.25, -0.2) is 12.8 Å². The molecule has 0 amide bonds. The van der Waals surface area contributed by atoms with E-state index in [-0.39, 0.29) is 12.1 Å². The van der Waals surface area contributed by atoms with Crippen LogP contribution in [0, 0.1) is 5.82 Å². The number of halogens is 2. The zero-order valence-electron chi connectivity index (χ0n) is 15.9. The fraction of sp³-hybridized carbons (Fsp3) is 0.368. The fourth-order valence-corrected chi connectivity index (χ4v) is 4.87. The Morgan fingerprint density at radius 3 is 2.46 bits per heavy atom. The first-order valence-electron chi connectivity index (χ1n) is 8.86. The van der Waals surface area contributed by atoms with E-state index < -0.39 is 20.7 Å². The molecule has 3 rings (SSSR count). The highest BCUT2D eigenvalue weighted by Gasteiger charge is 2.25. The largest absolute Gasteiger partial charge is 0.495 e. The van der Waals surface area contributed by atoms with E-state index in [0.717, 1.165) is 24.8 Å². The van der Waals surface area contributed by atoms with Gasteiger partial charge in [0.15, 0.2) is 0 Å². The molecule has 1 aliphatic heterocycles. The Morgan fingerprint density at radius 2 is 1.86 bits per heavy atom. The van der Waals surface area contributed by atoms with E-state index in [0.29, 0.717) is 15.9 Å². The van der Waals surface area contributed by atoms with Gasteiger partial charge in [-0.1, -0.05) is 15.9 Å². The number of nitrogens with zero attached hydrogens (tertiary/aromatic N) is 1. The maximum Gasteiger partial charge on any atom is 0.264 e. The van der Waals surface area contributed by atoms with Crippen LogP contribution in [0.4, 0.5) is 15.8 Å². The van der Waals surface area contributed by atoms with Crippen LogP contribution in [0.3, 0.4) is 0 Å². The molecule has 152 valence electrons. The van der Waals surface area contributed by atoms with Crippen molar-refractivity contribution in [2.45, 2.75) is 30.8 Å². The van der Waals surface area contributed by atoms with Gasteiger partial charge in [0.25, 0.3) is 10.0 Å². The van der Waals surface area contributed by atoms with Crippen LogP contribution in [-0.4, -0.2) is 40.7 Å².